The van der Waals surface area contributed by atoms with Crippen LogP contribution in [-0.4, -0.2) is 24.9 Å². The second-order valence-electron chi connectivity index (χ2n) is 4.18. The summed E-state index contributed by atoms with van der Waals surface area (Å²) in [4.78, 5) is 23.1. The molecule has 0 atom stereocenters. The molecule has 0 aliphatic carbocycles. The first-order valence-electron chi connectivity index (χ1n) is 5.83. The van der Waals surface area contributed by atoms with E-state index < -0.39 is 0 Å². The highest BCUT2D eigenvalue weighted by atomic mass is 127. The zero-order chi connectivity index (χ0) is 13.5. The van der Waals surface area contributed by atoms with Crippen LogP contribution in [0.4, 0.5) is 0 Å². The average Bonchev–Trinajstić information content (AvgIpc) is 2.34. The molecule has 2 amide bonds. The Morgan fingerprint density at radius 3 is 2.39 bits per heavy atom. The molecule has 18 heavy (non-hydrogen) atoms. The molecule has 2 N–H and O–H groups in total. The maximum absolute atomic E-state index is 11.8. The normalized spacial score (nSPS) is 10.2. The third-order valence-electron chi connectivity index (χ3n) is 2.35. The molecule has 0 spiro atoms. The molecule has 0 aliphatic heterocycles. The van der Waals surface area contributed by atoms with E-state index in [2.05, 4.69) is 33.2 Å². The van der Waals surface area contributed by atoms with Gasteiger partial charge in [-0.25, -0.2) is 0 Å². The molecule has 0 heterocycles. The van der Waals surface area contributed by atoms with Crippen molar-refractivity contribution in [1.29, 1.82) is 0 Å². The summed E-state index contributed by atoms with van der Waals surface area (Å²) in [5, 5.41) is 5.52. The maximum atomic E-state index is 11.8. The van der Waals surface area contributed by atoms with Gasteiger partial charge in [0.05, 0.1) is 5.56 Å². The van der Waals surface area contributed by atoms with E-state index >= 15 is 0 Å². The SMILES string of the molecule is CC(C)C(=O)NCCNC(=O)c1ccccc1I. The standard InChI is InChI=1S/C13H17IN2O2/c1-9(2)12(17)15-7-8-16-13(18)10-5-3-4-6-11(10)14/h3-6,9H,7-8H2,1-2H3,(H,15,17)(H,16,18). The topological polar surface area (TPSA) is 58.2 Å². The Hall–Kier alpha value is -1.11. The molecule has 0 aliphatic rings. The van der Waals surface area contributed by atoms with Crippen molar-refractivity contribution in [3.8, 4) is 0 Å². The van der Waals surface area contributed by atoms with Gasteiger partial charge < -0.3 is 10.6 Å². The van der Waals surface area contributed by atoms with Gasteiger partial charge in [-0.2, -0.15) is 0 Å². The summed E-state index contributed by atoms with van der Waals surface area (Å²) in [6.45, 7) is 4.55. The van der Waals surface area contributed by atoms with Gasteiger partial charge in [0, 0.05) is 22.6 Å². The molecule has 0 bridgehead atoms. The number of halogens is 1. The molecule has 0 aromatic heterocycles. The number of hydrogen-bond donors (Lipinski definition) is 2. The Bertz CT molecular complexity index is 433. The Labute approximate surface area is 121 Å². The van der Waals surface area contributed by atoms with Crippen LogP contribution in [0.15, 0.2) is 24.3 Å². The maximum Gasteiger partial charge on any atom is 0.252 e. The molecule has 98 valence electrons. The molecule has 1 rings (SSSR count). The third-order valence-corrected chi connectivity index (χ3v) is 3.29. The summed E-state index contributed by atoms with van der Waals surface area (Å²) in [5.74, 6) is -0.145. The first kappa shape index (κ1) is 14.9. The lowest BCUT2D eigenvalue weighted by atomic mass is 10.2. The summed E-state index contributed by atoms with van der Waals surface area (Å²) in [6, 6.07) is 7.39. The zero-order valence-corrected chi connectivity index (χ0v) is 12.7. The second kappa shape index (κ2) is 7.35. The summed E-state index contributed by atoms with van der Waals surface area (Å²) in [7, 11) is 0. The van der Waals surface area contributed by atoms with Crippen LogP contribution in [0.5, 0.6) is 0 Å². The van der Waals surface area contributed by atoms with Crippen molar-refractivity contribution in [2.75, 3.05) is 13.1 Å². The molecule has 0 fully saturated rings. The highest BCUT2D eigenvalue weighted by molar-refractivity contribution is 14.1. The van der Waals surface area contributed by atoms with Gasteiger partial charge in [0.25, 0.3) is 5.91 Å². The molecule has 1 aromatic carbocycles. The van der Waals surface area contributed by atoms with E-state index in [4.69, 9.17) is 0 Å². The lowest BCUT2D eigenvalue weighted by Gasteiger charge is -2.09. The van der Waals surface area contributed by atoms with Gasteiger partial charge in [0.15, 0.2) is 0 Å². The van der Waals surface area contributed by atoms with Crippen molar-refractivity contribution in [2.45, 2.75) is 13.8 Å². The third kappa shape index (κ3) is 4.64. The van der Waals surface area contributed by atoms with Crippen LogP contribution in [-0.2, 0) is 4.79 Å². The van der Waals surface area contributed by atoms with E-state index in [0.717, 1.165) is 3.57 Å². The van der Waals surface area contributed by atoms with Crippen molar-refractivity contribution in [3.63, 3.8) is 0 Å². The first-order valence-corrected chi connectivity index (χ1v) is 6.90. The van der Waals surface area contributed by atoms with Gasteiger partial charge in [0.2, 0.25) is 5.91 Å². The van der Waals surface area contributed by atoms with Gasteiger partial charge in [-0.15, -0.1) is 0 Å². The Kier molecular flexibility index (Phi) is 6.11. The number of amides is 2. The van der Waals surface area contributed by atoms with Crippen LogP contribution in [0.3, 0.4) is 0 Å². The van der Waals surface area contributed by atoms with Crippen LogP contribution in [0, 0.1) is 9.49 Å². The van der Waals surface area contributed by atoms with E-state index in [9.17, 15) is 9.59 Å². The summed E-state index contributed by atoms with van der Waals surface area (Å²) >= 11 is 2.13. The molecule has 4 nitrogen and oxygen atoms in total. The van der Waals surface area contributed by atoms with E-state index in [-0.39, 0.29) is 17.7 Å². The quantitative estimate of drug-likeness (QED) is 0.622. The summed E-state index contributed by atoms with van der Waals surface area (Å²) in [5.41, 5.74) is 0.660. The number of nitrogens with one attached hydrogen (secondary N) is 2. The molecular formula is C13H17IN2O2. The molecular weight excluding hydrogens is 343 g/mol. The fourth-order valence-electron chi connectivity index (χ4n) is 1.31. The number of hydrogen-bond acceptors (Lipinski definition) is 2. The van der Waals surface area contributed by atoms with Crippen molar-refractivity contribution in [2.24, 2.45) is 5.92 Å². The molecule has 0 saturated heterocycles. The smallest absolute Gasteiger partial charge is 0.252 e. The van der Waals surface area contributed by atoms with Gasteiger partial charge in [0.1, 0.15) is 0 Å². The summed E-state index contributed by atoms with van der Waals surface area (Å²) < 4.78 is 0.916. The van der Waals surface area contributed by atoms with Gasteiger partial charge in [-0.1, -0.05) is 26.0 Å². The van der Waals surface area contributed by atoms with Crippen LogP contribution in [0.2, 0.25) is 0 Å². The lowest BCUT2D eigenvalue weighted by Crippen LogP contribution is -2.36. The van der Waals surface area contributed by atoms with Gasteiger partial charge in [-0.3, -0.25) is 9.59 Å². The average molecular weight is 360 g/mol. The number of carbonyl (C=O) groups is 2. The van der Waals surface area contributed by atoms with Crippen LogP contribution >= 0.6 is 22.6 Å². The minimum absolute atomic E-state index is 0.00135. The lowest BCUT2D eigenvalue weighted by molar-refractivity contribution is -0.123. The Morgan fingerprint density at radius 1 is 1.17 bits per heavy atom. The van der Waals surface area contributed by atoms with Crippen molar-refractivity contribution in [1.82, 2.24) is 10.6 Å². The monoisotopic (exact) mass is 360 g/mol. The van der Waals surface area contributed by atoms with Crippen molar-refractivity contribution < 1.29 is 9.59 Å². The van der Waals surface area contributed by atoms with Crippen LogP contribution < -0.4 is 10.6 Å². The fourth-order valence-corrected chi connectivity index (χ4v) is 1.94. The van der Waals surface area contributed by atoms with E-state index in [0.29, 0.717) is 18.7 Å². The van der Waals surface area contributed by atoms with Crippen LogP contribution in [0.1, 0.15) is 24.2 Å². The van der Waals surface area contributed by atoms with E-state index in [1.807, 2.05) is 32.0 Å². The number of benzene rings is 1. The fraction of sp³-hybridized carbons (Fsp3) is 0.385. The summed E-state index contributed by atoms with van der Waals surface area (Å²) in [6.07, 6.45) is 0. The second-order valence-corrected chi connectivity index (χ2v) is 5.34. The zero-order valence-electron chi connectivity index (χ0n) is 10.5. The molecule has 0 radical (unpaired) electrons. The minimum atomic E-state index is -0.112. The van der Waals surface area contributed by atoms with Gasteiger partial charge >= 0.3 is 0 Å². The molecule has 0 unspecified atom stereocenters. The predicted octanol–water partition coefficient (Wildman–Crippen LogP) is 1.79. The molecule has 5 heteroatoms. The highest BCUT2D eigenvalue weighted by Crippen LogP contribution is 2.10. The van der Waals surface area contributed by atoms with E-state index in [1.165, 1.54) is 0 Å². The number of carbonyl (C=O) groups excluding carboxylic acids is 2. The van der Waals surface area contributed by atoms with Gasteiger partial charge in [-0.05, 0) is 34.7 Å². The molecule has 0 saturated carbocycles. The predicted molar refractivity (Wildman–Crippen MR) is 79.3 cm³/mol. The Morgan fingerprint density at radius 2 is 1.78 bits per heavy atom. The molecule has 1 aromatic rings. The minimum Gasteiger partial charge on any atom is -0.354 e. The Balaban J connectivity index is 2.35. The number of rotatable bonds is 5. The van der Waals surface area contributed by atoms with Crippen molar-refractivity contribution >= 4 is 34.4 Å². The highest BCUT2D eigenvalue weighted by Gasteiger charge is 2.09. The first-order chi connectivity index (χ1) is 8.52. The van der Waals surface area contributed by atoms with E-state index in [1.54, 1.807) is 6.07 Å². The van der Waals surface area contributed by atoms with Crippen LogP contribution in [0.25, 0.3) is 0 Å². The largest absolute Gasteiger partial charge is 0.354 e. The van der Waals surface area contributed by atoms with Crippen molar-refractivity contribution in [3.05, 3.63) is 33.4 Å².